The molecular formula is C18H19N3O3S. The summed E-state index contributed by atoms with van der Waals surface area (Å²) in [6, 6.07) is 15.1. The number of thioether (sulfide) groups is 1. The molecule has 1 fully saturated rings. The Hall–Kier alpha value is -2.38. The number of hydroxylamine groups is 2. The van der Waals surface area contributed by atoms with Crippen molar-refractivity contribution in [1.82, 2.24) is 10.0 Å². The molecule has 3 rings (SSSR count). The molecule has 130 valence electrons. The number of nitrogens with one attached hydrogen (secondary N) is 1. The Labute approximate surface area is 150 Å². The van der Waals surface area contributed by atoms with Crippen LogP contribution in [0.15, 0.2) is 54.7 Å². The van der Waals surface area contributed by atoms with Crippen LogP contribution in [0.2, 0.25) is 0 Å². The fourth-order valence-corrected chi connectivity index (χ4v) is 3.40. The van der Waals surface area contributed by atoms with Gasteiger partial charge in [-0.2, -0.15) is 0 Å². The van der Waals surface area contributed by atoms with Crippen LogP contribution < -0.4 is 5.32 Å². The first kappa shape index (κ1) is 17.4. The van der Waals surface area contributed by atoms with Crippen LogP contribution in [-0.4, -0.2) is 39.1 Å². The first-order chi connectivity index (χ1) is 12.1. The van der Waals surface area contributed by atoms with Gasteiger partial charge in [0.1, 0.15) is 5.82 Å². The van der Waals surface area contributed by atoms with Crippen molar-refractivity contribution in [3.05, 3.63) is 60.3 Å². The summed E-state index contributed by atoms with van der Waals surface area (Å²) in [6.07, 6.45) is 2.20. The molecule has 6 nitrogen and oxygen atoms in total. The van der Waals surface area contributed by atoms with Crippen molar-refractivity contribution in [2.24, 2.45) is 0 Å². The molecule has 0 saturated carbocycles. The molecule has 2 unspecified atom stereocenters. The van der Waals surface area contributed by atoms with Gasteiger partial charge in [0.25, 0.3) is 5.91 Å². The van der Waals surface area contributed by atoms with E-state index in [4.69, 9.17) is 4.84 Å². The third kappa shape index (κ3) is 4.58. The predicted molar refractivity (Wildman–Crippen MR) is 97.0 cm³/mol. The molecule has 0 bridgehead atoms. The molecule has 2 amide bonds. The summed E-state index contributed by atoms with van der Waals surface area (Å²) in [4.78, 5) is 34.1. The maximum absolute atomic E-state index is 12.4. The van der Waals surface area contributed by atoms with Crippen molar-refractivity contribution >= 4 is 28.7 Å². The van der Waals surface area contributed by atoms with Gasteiger partial charge in [-0.15, -0.1) is 5.06 Å². The number of rotatable bonds is 7. The van der Waals surface area contributed by atoms with E-state index in [0.717, 1.165) is 22.4 Å². The van der Waals surface area contributed by atoms with Gasteiger partial charge in [0, 0.05) is 6.20 Å². The van der Waals surface area contributed by atoms with Crippen molar-refractivity contribution in [3.63, 3.8) is 0 Å². The summed E-state index contributed by atoms with van der Waals surface area (Å²) in [5, 5.41) is 3.24. The Kier molecular flexibility index (Phi) is 5.67. The van der Waals surface area contributed by atoms with Gasteiger partial charge < -0.3 is 5.32 Å². The van der Waals surface area contributed by atoms with Crippen LogP contribution in [0.4, 0.5) is 10.6 Å². The van der Waals surface area contributed by atoms with Crippen LogP contribution in [0.5, 0.6) is 0 Å². The topological polar surface area (TPSA) is 71.5 Å². The van der Waals surface area contributed by atoms with Gasteiger partial charge >= 0.3 is 5.24 Å². The van der Waals surface area contributed by atoms with Crippen molar-refractivity contribution in [1.29, 1.82) is 0 Å². The van der Waals surface area contributed by atoms with Crippen LogP contribution in [0.1, 0.15) is 12.5 Å². The molecular weight excluding hydrogens is 338 g/mol. The minimum Gasteiger partial charge on any atom is -0.365 e. The molecule has 0 spiro atoms. The molecule has 2 atom stereocenters. The molecule has 25 heavy (non-hydrogen) atoms. The van der Waals surface area contributed by atoms with Gasteiger partial charge in [-0.25, -0.2) is 4.98 Å². The lowest BCUT2D eigenvalue weighted by Gasteiger charge is -2.18. The van der Waals surface area contributed by atoms with Gasteiger partial charge in [0.2, 0.25) is 0 Å². The average Bonchev–Trinajstić information content (AvgIpc) is 2.88. The molecule has 2 heterocycles. The number of carbonyl (C=O) groups is 2. The van der Waals surface area contributed by atoms with E-state index < -0.39 is 5.25 Å². The third-order valence-corrected chi connectivity index (χ3v) is 4.68. The number of anilines is 1. The summed E-state index contributed by atoms with van der Waals surface area (Å²) < 4.78 is 0. The molecule has 1 aromatic carbocycles. The second-order valence-electron chi connectivity index (χ2n) is 5.75. The maximum atomic E-state index is 12.4. The normalized spacial score (nSPS) is 18.4. The first-order valence-electron chi connectivity index (χ1n) is 8.02. The molecule has 1 saturated heterocycles. The van der Waals surface area contributed by atoms with E-state index in [1.54, 1.807) is 6.20 Å². The lowest BCUT2D eigenvalue weighted by molar-refractivity contribution is -0.164. The van der Waals surface area contributed by atoms with Gasteiger partial charge in [0.05, 0.1) is 17.9 Å². The van der Waals surface area contributed by atoms with Gasteiger partial charge in [-0.3, -0.25) is 14.4 Å². The average molecular weight is 357 g/mol. The number of carbonyl (C=O) groups excluding carboxylic acids is 2. The fourth-order valence-electron chi connectivity index (χ4n) is 2.44. The standard InChI is InChI=1S/C18H19N3O3S/c1-13(20-16-9-5-6-10-19-16)12-24-21-17(22)15(25-18(21)23)11-14-7-3-2-4-8-14/h2-10,13,15H,11-12H2,1H3,(H,19,20). The first-order valence-corrected chi connectivity index (χ1v) is 8.90. The number of pyridine rings is 1. The zero-order valence-electron chi connectivity index (χ0n) is 13.8. The van der Waals surface area contributed by atoms with E-state index in [1.165, 1.54) is 0 Å². The van der Waals surface area contributed by atoms with Crippen LogP contribution in [0.3, 0.4) is 0 Å². The van der Waals surface area contributed by atoms with Gasteiger partial charge in [-0.1, -0.05) is 36.4 Å². The molecule has 1 N–H and O–H groups in total. The summed E-state index contributed by atoms with van der Waals surface area (Å²) in [5.41, 5.74) is 1.02. The highest BCUT2D eigenvalue weighted by atomic mass is 32.2. The maximum Gasteiger partial charge on any atom is 0.313 e. The number of hydrogen-bond donors (Lipinski definition) is 1. The van der Waals surface area contributed by atoms with E-state index in [1.807, 2.05) is 55.5 Å². The Balaban J connectivity index is 1.52. The van der Waals surface area contributed by atoms with E-state index in [0.29, 0.717) is 12.2 Å². The van der Waals surface area contributed by atoms with Crippen LogP contribution in [0.25, 0.3) is 0 Å². The molecule has 7 heteroatoms. The SMILES string of the molecule is CC(CON1C(=O)SC(Cc2ccccc2)C1=O)Nc1ccccn1. The Morgan fingerprint density at radius 2 is 1.96 bits per heavy atom. The summed E-state index contributed by atoms with van der Waals surface area (Å²) in [5.74, 6) is 0.415. The molecule has 1 aromatic heterocycles. The largest absolute Gasteiger partial charge is 0.365 e. The smallest absolute Gasteiger partial charge is 0.313 e. The highest BCUT2D eigenvalue weighted by Gasteiger charge is 2.41. The molecule has 2 aromatic rings. The second kappa shape index (κ2) is 8.13. The number of hydrogen-bond acceptors (Lipinski definition) is 6. The number of amides is 2. The lowest BCUT2D eigenvalue weighted by Crippen LogP contribution is -2.36. The highest BCUT2D eigenvalue weighted by Crippen LogP contribution is 2.29. The number of benzene rings is 1. The lowest BCUT2D eigenvalue weighted by atomic mass is 10.1. The van der Waals surface area contributed by atoms with E-state index in [2.05, 4.69) is 10.3 Å². The van der Waals surface area contributed by atoms with Crippen molar-refractivity contribution in [2.45, 2.75) is 24.6 Å². The van der Waals surface area contributed by atoms with Crippen molar-refractivity contribution in [2.75, 3.05) is 11.9 Å². The monoisotopic (exact) mass is 357 g/mol. The van der Waals surface area contributed by atoms with Crippen LogP contribution in [0, 0.1) is 0 Å². The van der Waals surface area contributed by atoms with Gasteiger partial charge in [0.15, 0.2) is 0 Å². The highest BCUT2D eigenvalue weighted by molar-refractivity contribution is 8.15. The molecule has 1 aliphatic rings. The molecule has 0 aliphatic carbocycles. The van der Waals surface area contributed by atoms with Crippen LogP contribution >= 0.6 is 11.8 Å². The number of imide groups is 1. The number of nitrogens with zero attached hydrogens (tertiary/aromatic N) is 2. The minimum atomic E-state index is -0.436. The van der Waals surface area contributed by atoms with Crippen LogP contribution in [-0.2, 0) is 16.1 Å². The quantitative estimate of drug-likeness (QED) is 0.821. The van der Waals surface area contributed by atoms with E-state index in [9.17, 15) is 9.59 Å². The zero-order chi connectivity index (χ0) is 17.6. The minimum absolute atomic E-state index is 0.103. The predicted octanol–water partition coefficient (Wildman–Crippen LogP) is 3.12. The summed E-state index contributed by atoms with van der Waals surface area (Å²) in [7, 11) is 0. The third-order valence-electron chi connectivity index (χ3n) is 3.66. The number of aromatic nitrogens is 1. The van der Waals surface area contributed by atoms with Crippen molar-refractivity contribution in [3.8, 4) is 0 Å². The van der Waals surface area contributed by atoms with E-state index in [-0.39, 0.29) is 23.8 Å². The van der Waals surface area contributed by atoms with Gasteiger partial charge in [-0.05, 0) is 42.8 Å². The Morgan fingerprint density at radius 3 is 2.68 bits per heavy atom. The molecule has 0 radical (unpaired) electrons. The van der Waals surface area contributed by atoms with Crippen molar-refractivity contribution < 1.29 is 14.4 Å². The molecule has 1 aliphatic heterocycles. The Morgan fingerprint density at radius 1 is 1.20 bits per heavy atom. The summed E-state index contributed by atoms with van der Waals surface area (Å²) in [6.45, 7) is 2.08. The fraction of sp³-hybridized carbons (Fsp3) is 0.278. The second-order valence-corrected chi connectivity index (χ2v) is 6.90. The summed E-state index contributed by atoms with van der Waals surface area (Å²) >= 11 is 1.01. The Bertz CT molecular complexity index is 727. The zero-order valence-corrected chi connectivity index (χ0v) is 14.6. The van der Waals surface area contributed by atoms with E-state index >= 15 is 0 Å².